The van der Waals surface area contributed by atoms with Crippen molar-refractivity contribution in [3.8, 4) is 11.8 Å². The fourth-order valence-electron chi connectivity index (χ4n) is 1.79. The average molecular weight is 303 g/mol. The van der Waals surface area contributed by atoms with Crippen LogP contribution >= 0.6 is 0 Å². The normalized spacial score (nSPS) is 15.5. The summed E-state index contributed by atoms with van der Waals surface area (Å²) < 4.78 is 0. The fourth-order valence-corrected chi connectivity index (χ4v) is 1.79. The Morgan fingerprint density at radius 2 is 2.12 bits per heavy atom. The van der Waals surface area contributed by atoms with Gasteiger partial charge in [-0.3, -0.25) is 4.90 Å². The minimum absolute atomic E-state index is 0. The second kappa shape index (κ2) is 7.81. The molecular formula is C13H16N3Y-. The van der Waals surface area contributed by atoms with Gasteiger partial charge < -0.3 is 10.7 Å². The molecule has 1 saturated heterocycles. The van der Waals surface area contributed by atoms with Gasteiger partial charge in [-0.05, 0) is 31.6 Å². The molecule has 1 aliphatic rings. The molecule has 0 bridgehead atoms. The Balaban J connectivity index is 0.00000144. The van der Waals surface area contributed by atoms with E-state index in [1.165, 1.54) is 32.4 Å². The van der Waals surface area contributed by atoms with Gasteiger partial charge in [-0.25, -0.2) is 0 Å². The van der Waals surface area contributed by atoms with Crippen molar-refractivity contribution in [3.05, 3.63) is 24.0 Å². The first kappa shape index (κ1) is 14.6. The predicted molar refractivity (Wildman–Crippen MR) is 64.7 cm³/mol. The topological polar surface area (TPSA) is 42.1 Å². The van der Waals surface area contributed by atoms with Gasteiger partial charge in [-0.2, -0.15) is 6.07 Å². The first-order valence-electron chi connectivity index (χ1n) is 5.69. The van der Waals surface area contributed by atoms with E-state index in [0.717, 1.165) is 12.2 Å². The summed E-state index contributed by atoms with van der Waals surface area (Å²) in [4.78, 5) is 6.50. The average Bonchev–Trinajstić information content (AvgIpc) is 2.33. The van der Waals surface area contributed by atoms with Crippen molar-refractivity contribution >= 4 is 5.69 Å². The number of likely N-dealkylation sites (tertiary alicyclic amines) is 1. The molecule has 0 amide bonds. The number of aromatic nitrogens is 1. The van der Waals surface area contributed by atoms with E-state index >= 15 is 0 Å². The van der Waals surface area contributed by atoms with Gasteiger partial charge in [-0.15, -0.1) is 12.0 Å². The van der Waals surface area contributed by atoms with E-state index in [1.54, 1.807) is 12.3 Å². The first-order chi connectivity index (χ1) is 7.84. The summed E-state index contributed by atoms with van der Waals surface area (Å²) in [7, 11) is 0. The van der Waals surface area contributed by atoms with Crippen LogP contribution in [0.15, 0.2) is 12.3 Å². The zero-order valence-electron chi connectivity index (χ0n) is 9.95. The largest absolute Gasteiger partial charge is 0.418 e. The second-order valence-electron chi connectivity index (χ2n) is 4.03. The molecule has 0 spiro atoms. The number of nitrogen functional groups attached to an aromatic ring is 1. The van der Waals surface area contributed by atoms with Crippen molar-refractivity contribution in [1.29, 1.82) is 0 Å². The van der Waals surface area contributed by atoms with E-state index in [-0.39, 0.29) is 32.7 Å². The minimum Gasteiger partial charge on any atom is -0.418 e. The van der Waals surface area contributed by atoms with Gasteiger partial charge in [-0.1, -0.05) is 24.2 Å². The van der Waals surface area contributed by atoms with Gasteiger partial charge in [0.2, 0.25) is 0 Å². The number of hydrogen-bond donors (Lipinski definition) is 1. The van der Waals surface area contributed by atoms with Gasteiger partial charge in [0, 0.05) is 32.7 Å². The number of nitrogens with two attached hydrogens (primary N) is 1. The van der Waals surface area contributed by atoms with Crippen molar-refractivity contribution in [2.24, 2.45) is 0 Å². The van der Waals surface area contributed by atoms with Gasteiger partial charge in [0.1, 0.15) is 0 Å². The third kappa shape index (κ3) is 5.16. The standard InChI is InChI=1S/C13H16N3.Y/c14-12-6-7-13(15-11-12)5-4-10-16-8-2-1-3-9-16;/h7,11H,1-3,8-10,14H2;/q-1;. The molecule has 0 aliphatic carbocycles. The quantitative estimate of drug-likeness (QED) is 0.628. The SMILES string of the molecule is Nc1[c-]cc(C#CCN2CCCCC2)nc1.[Y]. The van der Waals surface area contributed by atoms with Gasteiger partial charge in [0.15, 0.2) is 0 Å². The summed E-state index contributed by atoms with van der Waals surface area (Å²) in [6, 6.07) is 4.62. The number of hydrogen-bond acceptors (Lipinski definition) is 3. The Labute approximate surface area is 128 Å². The van der Waals surface area contributed by atoms with Crippen LogP contribution in [0.3, 0.4) is 0 Å². The number of pyridine rings is 1. The molecule has 1 aliphatic heterocycles. The first-order valence-corrected chi connectivity index (χ1v) is 5.69. The van der Waals surface area contributed by atoms with E-state index in [0.29, 0.717) is 5.69 Å². The third-order valence-electron chi connectivity index (χ3n) is 2.69. The summed E-state index contributed by atoms with van der Waals surface area (Å²) in [6.45, 7) is 3.19. The van der Waals surface area contributed by atoms with Crippen LogP contribution in [0.25, 0.3) is 0 Å². The molecule has 1 radical (unpaired) electrons. The summed E-state index contributed by atoms with van der Waals surface area (Å²) >= 11 is 0. The van der Waals surface area contributed by atoms with Crippen LogP contribution < -0.4 is 5.73 Å². The van der Waals surface area contributed by atoms with E-state index < -0.39 is 0 Å². The van der Waals surface area contributed by atoms with Gasteiger partial charge in [0.25, 0.3) is 0 Å². The van der Waals surface area contributed by atoms with Crippen LogP contribution in [-0.2, 0) is 32.7 Å². The zero-order valence-corrected chi connectivity index (χ0v) is 12.8. The molecule has 1 aromatic heterocycles. The van der Waals surface area contributed by atoms with Crippen molar-refractivity contribution in [2.45, 2.75) is 19.3 Å². The second-order valence-corrected chi connectivity index (χ2v) is 4.03. The van der Waals surface area contributed by atoms with Crippen LogP contribution in [0.4, 0.5) is 5.69 Å². The molecule has 1 fully saturated rings. The maximum atomic E-state index is 5.50. The molecule has 87 valence electrons. The molecule has 2 N–H and O–H groups in total. The molecule has 0 atom stereocenters. The number of piperidine rings is 1. The van der Waals surface area contributed by atoms with Crippen molar-refractivity contribution in [3.63, 3.8) is 0 Å². The number of rotatable bonds is 1. The minimum atomic E-state index is 0. The van der Waals surface area contributed by atoms with Crippen molar-refractivity contribution in [1.82, 2.24) is 9.88 Å². The van der Waals surface area contributed by atoms with E-state index in [4.69, 9.17) is 5.73 Å². The molecule has 0 unspecified atom stereocenters. The van der Waals surface area contributed by atoms with Crippen LogP contribution in [-0.4, -0.2) is 29.5 Å². The maximum Gasteiger partial charge on any atom is 0.0594 e. The summed E-state index contributed by atoms with van der Waals surface area (Å²) in [6.07, 6.45) is 5.55. The number of anilines is 1. The smallest absolute Gasteiger partial charge is 0.0594 e. The monoisotopic (exact) mass is 303 g/mol. The van der Waals surface area contributed by atoms with Crippen LogP contribution in [0.2, 0.25) is 0 Å². The van der Waals surface area contributed by atoms with Gasteiger partial charge in [0.05, 0.1) is 6.54 Å². The van der Waals surface area contributed by atoms with Crippen molar-refractivity contribution < 1.29 is 32.7 Å². The van der Waals surface area contributed by atoms with E-state index in [9.17, 15) is 0 Å². The van der Waals surface area contributed by atoms with E-state index in [2.05, 4.69) is 27.8 Å². The zero-order chi connectivity index (χ0) is 11.2. The molecule has 0 saturated carbocycles. The molecule has 4 heteroatoms. The summed E-state index contributed by atoms with van der Waals surface area (Å²) in [5.74, 6) is 6.17. The molecule has 1 aromatic rings. The Morgan fingerprint density at radius 1 is 1.35 bits per heavy atom. The molecule has 2 rings (SSSR count). The van der Waals surface area contributed by atoms with Crippen molar-refractivity contribution in [2.75, 3.05) is 25.4 Å². The summed E-state index contributed by atoms with van der Waals surface area (Å²) in [5.41, 5.74) is 6.80. The molecule has 2 heterocycles. The molecule has 0 aromatic carbocycles. The Bertz CT molecular complexity index is 385. The Morgan fingerprint density at radius 3 is 2.76 bits per heavy atom. The molecule has 3 nitrogen and oxygen atoms in total. The van der Waals surface area contributed by atoms with Gasteiger partial charge >= 0.3 is 0 Å². The summed E-state index contributed by atoms with van der Waals surface area (Å²) in [5, 5.41) is 0. The maximum absolute atomic E-state index is 5.50. The fraction of sp³-hybridized carbons (Fsp3) is 0.462. The molecular weight excluding hydrogens is 287 g/mol. The third-order valence-corrected chi connectivity index (χ3v) is 2.69. The number of nitrogens with zero attached hydrogens (tertiary/aromatic N) is 2. The predicted octanol–water partition coefficient (Wildman–Crippen LogP) is 1.30. The van der Waals surface area contributed by atoms with Crippen LogP contribution in [0, 0.1) is 17.9 Å². The van der Waals surface area contributed by atoms with Crippen LogP contribution in [0.5, 0.6) is 0 Å². The van der Waals surface area contributed by atoms with E-state index in [1.807, 2.05) is 0 Å². The molecule has 17 heavy (non-hydrogen) atoms. The Kier molecular flexibility index (Phi) is 6.73. The Hall–Kier alpha value is -0.426. The van der Waals surface area contributed by atoms with Crippen LogP contribution in [0.1, 0.15) is 25.0 Å².